The number of nitrogens with one attached hydrogen (secondary N) is 1. The van der Waals surface area contributed by atoms with Crippen molar-refractivity contribution in [2.24, 2.45) is 5.92 Å². The zero-order valence-corrected chi connectivity index (χ0v) is 24.6. The number of rotatable bonds is 12. The Labute approximate surface area is 238 Å². The van der Waals surface area contributed by atoms with Crippen molar-refractivity contribution in [1.82, 2.24) is 10.2 Å². The fraction of sp³-hybridized carbons (Fsp3) is 0.310. The van der Waals surface area contributed by atoms with E-state index in [9.17, 15) is 22.4 Å². The normalized spacial score (nSPS) is 12.2. The van der Waals surface area contributed by atoms with Crippen molar-refractivity contribution < 1.29 is 22.4 Å². The van der Waals surface area contributed by atoms with Gasteiger partial charge in [0.2, 0.25) is 21.8 Å². The number of halogens is 2. The van der Waals surface area contributed by atoms with Crippen LogP contribution in [0.3, 0.4) is 0 Å². The summed E-state index contributed by atoms with van der Waals surface area (Å²) in [4.78, 5) is 28.7. The summed E-state index contributed by atoms with van der Waals surface area (Å²) in [5.74, 6) is -1.39. The second-order valence-corrected chi connectivity index (χ2v) is 12.5. The van der Waals surface area contributed by atoms with Crippen molar-refractivity contribution in [3.63, 3.8) is 0 Å². The predicted octanol–water partition coefficient (Wildman–Crippen LogP) is 4.77. The fourth-order valence-electron chi connectivity index (χ4n) is 4.01. The van der Waals surface area contributed by atoms with E-state index in [1.54, 1.807) is 42.5 Å². The van der Waals surface area contributed by atoms with Crippen molar-refractivity contribution in [2.75, 3.05) is 23.7 Å². The Kier molecular flexibility index (Phi) is 10.7. The summed E-state index contributed by atoms with van der Waals surface area (Å²) in [6.07, 6.45) is 1.18. The highest BCUT2D eigenvalue weighted by Crippen LogP contribution is 2.23. The molecule has 0 bridgehead atoms. The minimum absolute atomic E-state index is 0.167. The Hall–Kier alpha value is -3.24. The van der Waals surface area contributed by atoms with Crippen molar-refractivity contribution in [2.45, 2.75) is 32.9 Å². The maximum Gasteiger partial charge on any atom is 0.244 e. The predicted molar refractivity (Wildman–Crippen MR) is 155 cm³/mol. The van der Waals surface area contributed by atoms with Crippen molar-refractivity contribution >= 4 is 43.5 Å². The molecule has 0 aliphatic heterocycles. The lowest BCUT2D eigenvalue weighted by Gasteiger charge is -2.33. The van der Waals surface area contributed by atoms with E-state index >= 15 is 0 Å². The van der Waals surface area contributed by atoms with Gasteiger partial charge >= 0.3 is 0 Å². The summed E-state index contributed by atoms with van der Waals surface area (Å²) in [5.41, 5.74) is 1.32. The van der Waals surface area contributed by atoms with E-state index in [0.717, 1.165) is 20.6 Å². The van der Waals surface area contributed by atoms with E-state index in [-0.39, 0.29) is 24.4 Å². The van der Waals surface area contributed by atoms with Gasteiger partial charge in [-0.1, -0.05) is 78.3 Å². The molecule has 0 aromatic heterocycles. The number of hydrogen-bond donors (Lipinski definition) is 1. The molecule has 1 atom stereocenters. The molecule has 10 heteroatoms. The van der Waals surface area contributed by atoms with Crippen LogP contribution in [0, 0.1) is 11.7 Å². The first-order chi connectivity index (χ1) is 18.5. The Morgan fingerprint density at radius 3 is 2.15 bits per heavy atom. The van der Waals surface area contributed by atoms with Crippen LogP contribution in [0.1, 0.15) is 25.0 Å². The molecule has 3 rings (SSSR count). The zero-order chi connectivity index (χ0) is 28.6. The Balaban J connectivity index is 2.05. The largest absolute Gasteiger partial charge is 0.354 e. The van der Waals surface area contributed by atoms with Gasteiger partial charge in [0, 0.05) is 29.5 Å². The molecule has 3 aromatic rings. The highest BCUT2D eigenvalue weighted by molar-refractivity contribution is 9.10. The average Bonchev–Trinajstić information content (AvgIpc) is 2.89. The highest BCUT2D eigenvalue weighted by atomic mass is 79.9. The summed E-state index contributed by atoms with van der Waals surface area (Å²) in [6.45, 7) is 3.53. The molecule has 0 fully saturated rings. The standard InChI is InChI=1S/C29H33BrFN3O4S/c1-21(2)18-32-29(36)27(17-22-9-5-4-6-10-22)33(19-23-11-7-8-12-26(23)31)28(35)20-34(39(3,37)38)25-15-13-24(30)14-16-25/h4-16,21,27H,17-20H2,1-3H3,(H,32,36). The topological polar surface area (TPSA) is 86.8 Å². The van der Waals surface area contributed by atoms with Gasteiger partial charge in [0.1, 0.15) is 18.4 Å². The number of carbonyl (C=O) groups excluding carboxylic acids is 2. The van der Waals surface area contributed by atoms with Crippen LogP contribution < -0.4 is 9.62 Å². The van der Waals surface area contributed by atoms with E-state index in [2.05, 4.69) is 21.2 Å². The van der Waals surface area contributed by atoms with Crippen molar-refractivity contribution in [3.8, 4) is 0 Å². The van der Waals surface area contributed by atoms with E-state index in [1.807, 2.05) is 44.2 Å². The first-order valence-electron chi connectivity index (χ1n) is 12.5. The monoisotopic (exact) mass is 617 g/mol. The summed E-state index contributed by atoms with van der Waals surface area (Å²) in [7, 11) is -3.87. The molecule has 2 amide bonds. The first kappa shape index (κ1) is 30.3. The Morgan fingerprint density at radius 2 is 1.56 bits per heavy atom. The third-order valence-corrected chi connectivity index (χ3v) is 7.72. The number of amides is 2. The van der Waals surface area contributed by atoms with Gasteiger partial charge < -0.3 is 10.2 Å². The van der Waals surface area contributed by atoms with Gasteiger partial charge in [0.25, 0.3) is 0 Å². The summed E-state index contributed by atoms with van der Waals surface area (Å²) in [6, 6.07) is 20.7. The van der Waals surface area contributed by atoms with E-state index in [1.165, 1.54) is 11.0 Å². The molecule has 0 aliphatic carbocycles. The molecule has 0 saturated carbocycles. The van der Waals surface area contributed by atoms with E-state index in [4.69, 9.17) is 0 Å². The third kappa shape index (κ3) is 8.90. The number of nitrogens with zero attached hydrogens (tertiary/aromatic N) is 2. The number of sulfonamides is 1. The SMILES string of the molecule is CC(C)CNC(=O)C(Cc1ccccc1)N(Cc1ccccc1F)C(=O)CN(c1ccc(Br)cc1)S(C)(=O)=O. The van der Waals surface area contributed by atoms with Crippen molar-refractivity contribution in [1.29, 1.82) is 0 Å². The van der Waals surface area contributed by atoms with Crippen LogP contribution in [0.2, 0.25) is 0 Å². The number of hydrogen-bond acceptors (Lipinski definition) is 4. The fourth-order valence-corrected chi connectivity index (χ4v) is 5.12. The molecule has 39 heavy (non-hydrogen) atoms. The number of anilines is 1. The van der Waals surface area contributed by atoms with Gasteiger partial charge in [0.05, 0.1) is 11.9 Å². The van der Waals surface area contributed by atoms with Crippen LogP contribution >= 0.6 is 15.9 Å². The molecular weight excluding hydrogens is 585 g/mol. The van der Waals surface area contributed by atoms with Crippen LogP contribution in [0.4, 0.5) is 10.1 Å². The quantitative estimate of drug-likeness (QED) is 0.317. The Bertz CT molecular complexity index is 1370. The smallest absolute Gasteiger partial charge is 0.244 e. The lowest BCUT2D eigenvalue weighted by atomic mass is 10.0. The van der Waals surface area contributed by atoms with Gasteiger partial charge in [-0.15, -0.1) is 0 Å². The van der Waals surface area contributed by atoms with Gasteiger partial charge in [0.15, 0.2) is 0 Å². The number of carbonyl (C=O) groups is 2. The van der Waals surface area contributed by atoms with E-state index < -0.39 is 40.2 Å². The average molecular weight is 619 g/mol. The second kappa shape index (κ2) is 13.7. The van der Waals surface area contributed by atoms with Crippen LogP contribution in [0.25, 0.3) is 0 Å². The highest BCUT2D eigenvalue weighted by Gasteiger charge is 2.33. The molecular formula is C29H33BrFN3O4S. The minimum atomic E-state index is -3.87. The zero-order valence-electron chi connectivity index (χ0n) is 22.2. The molecule has 0 aliphatic rings. The molecule has 1 N–H and O–H groups in total. The summed E-state index contributed by atoms with van der Waals surface area (Å²) in [5, 5.41) is 2.90. The third-order valence-electron chi connectivity index (χ3n) is 6.05. The second-order valence-electron chi connectivity index (χ2n) is 9.70. The van der Waals surface area contributed by atoms with Crippen LogP contribution in [-0.4, -0.2) is 50.5 Å². The van der Waals surface area contributed by atoms with Gasteiger partial charge in [-0.05, 0) is 41.8 Å². The van der Waals surface area contributed by atoms with E-state index in [0.29, 0.717) is 12.2 Å². The first-order valence-corrected chi connectivity index (χ1v) is 15.2. The molecule has 0 saturated heterocycles. The van der Waals surface area contributed by atoms with Crippen LogP contribution in [0.15, 0.2) is 83.3 Å². The van der Waals surface area contributed by atoms with Gasteiger partial charge in [-0.2, -0.15) is 0 Å². The van der Waals surface area contributed by atoms with Crippen LogP contribution in [-0.2, 0) is 32.6 Å². The molecule has 0 heterocycles. The summed E-state index contributed by atoms with van der Waals surface area (Å²) < 4.78 is 42.0. The molecule has 1 unspecified atom stereocenters. The van der Waals surface area contributed by atoms with Crippen molar-refractivity contribution in [3.05, 3.63) is 100 Å². The molecule has 7 nitrogen and oxygen atoms in total. The molecule has 0 radical (unpaired) electrons. The maximum atomic E-state index is 14.8. The van der Waals surface area contributed by atoms with Gasteiger partial charge in [-0.3, -0.25) is 13.9 Å². The maximum absolute atomic E-state index is 14.8. The lowest BCUT2D eigenvalue weighted by Crippen LogP contribution is -2.53. The summed E-state index contributed by atoms with van der Waals surface area (Å²) >= 11 is 3.33. The van der Waals surface area contributed by atoms with Gasteiger partial charge in [-0.25, -0.2) is 12.8 Å². The minimum Gasteiger partial charge on any atom is -0.354 e. The number of benzene rings is 3. The lowest BCUT2D eigenvalue weighted by molar-refractivity contribution is -0.140. The molecule has 0 spiro atoms. The molecule has 3 aromatic carbocycles. The van der Waals surface area contributed by atoms with Crippen LogP contribution in [0.5, 0.6) is 0 Å². The Morgan fingerprint density at radius 1 is 0.949 bits per heavy atom. The molecule has 208 valence electrons.